The third kappa shape index (κ3) is 3.72. The molecule has 1 N–H and O–H groups in total. The zero-order valence-corrected chi connectivity index (χ0v) is 8.55. The zero-order chi connectivity index (χ0) is 9.72. The van der Waals surface area contributed by atoms with E-state index in [-0.39, 0.29) is 24.0 Å². The van der Waals surface area contributed by atoms with E-state index in [1.807, 2.05) is 27.7 Å². The number of amides is 1. The minimum atomic E-state index is -0.326. The van der Waals surface area contributed by atoms with E-state index in [1.165, 1.54) is 0 Å². The van der Waals surface area contributed by atoms with Crippen LogP contribution in [0.25, 0.3) is 0 Å². The monoisotopic (exact) mass is 173 g/mol. The second-order valence-corrected chi connectivity index (χ2v) is 3.56. The summed E-state index contributed by atoms with van der Waals surface area (Å²) in [5.41, 5.74) is 0. The van der Waals surface area contributed by atoms with Gasteiger partial charge in [-0.25, -0.2) is 0 Å². The third-order valence-electron chi connectivity index (χ3n) is 1.55. The largest absolute Gasteiger partial charge is 0.371 e. The predicted octanol–water partition coefficient (Wildman–Crippen LogP) is 1.18. The summed E-state index contributed by atoms with van der Waals surface area (Å²) in [6, 6.07) is 0.175. The quantitative estimate of drug-likeness (QED) is 0.693. The Morgan fingerprint density at radius 2 is 1.75 bits per heavy atom. The first-order valence-electron chi connectivity index (χ1n) is 4.32. The molecule has 0 heterocycles. The van der Waals surface area contributed by atoms with Gasteiger partial charge in [-0.3, -0.25) is 4.79 Å². The van der Waals surface area contributed by atoms with Crippen molar-refractivity contribution in [3.63, 3.8) is 0 Å². The van der Waals surface area contributed by atoms with E-state index in [9.17, 15) is 4.79 Å². The summed E-state index contributed by atoms with van der Waals surface area (Å²) < 4.78 is 5.06. The van der Waals surface area contributed by atoms with Crippen LogP contribution in [0.2, 0.25) is 0 Å². The van der Waals surface area contributed by atoms with Gasteiger partial charge >= 0.3 is 0 Å². The van der Waals surface area contributed by atoms with Crippen molar-refractivity contribution < 1.29 is 9.53 Å². The van der Waals surface area contributed by atoms with Crippen molar-refractivity contribution in [3.8, 4) is 0 Å². The van der Waals surface area contributed by atoms with Crippen molar-refractivity contribution in [2.75, 3.05) is 7.11 Å². The highest BCUT2D eigenvalue weighted by molar-refractivity contribution is 5.81. The first-order valence-corrected chi connectivity index (χ1v) is 4.32. The van der Waals surface area contributed by atoms with Crippen LogP contribution < -0.4 is 5.32 Å². The van der Waals surface area contributed by atoms with Gasteiger partial charge in [0.15, 0.2) is 0 Å². The molecule has 0 aromatic rings. The van der Waals surface area contributed by atoms with Gasteiger partial charge < -0.3 is 10.1 Å². The van der Waals surface area contributed by atoms with Gasteiger partial charge in [-0.05, 0) is 19.8 Å². The molecule has 0 aromatic heterocycles. The highest BCUT2D eigenvalue weighted by atomic mass is 16.5. The molecule has 0 spiro atoms. The van der Waals surface area contributed by atoms with Crippen molar-refractivity contribution in [2.45, 2.75) is 39.8 Å². The Balaban J connectivity index is 4.04. The fourth-order valence-corrected chi connectivity index (χ4v) is 1.05. The summed E-state index contributed by atoms with van der Waals surface area (Å²) in [7, 11) is 1.56. The van der Waals surface area contributed by atoms with E-state index in [1.54, 1.807) is 7.11 Å². The number of carbonyl (C=O) groups is 1. The summed E-state index contributed by atoms with van der Waals surface area (Å²) in [6.07, 6.45) is -0.326. The Bertz CT molecular complexity index is 143. The second kappa shape index (κ2) is 5.14. The standard InChI is InChI=1S/C9H19NO2/c1-6(2)8(12-5)9(11)10-7(3)4/h6-8H,1-5H3,(H,10,11)/t8-/m1/s1. The predicted molar refractivity (Wildman–Crippen MR) is 48.9 cm³/mol. The molecule has 0 unspecified atom stereocenters. The first kappa shape index (κ1) is 11.4. The van der Waals surface area contributed by atoms with Crippen LogP contribution in [0, 0.1) is 5.92 Å². The average Bonchev–Trinajstić information content (AvgIpc) is 1.85. The first-order chi connectivity index (χ1) is 5.49. The number of hydrogen-bond donors (Lipinski definition) is 1. The fraction of sp³-hybridized carbons (Fsp3) is 0.889. The lowest BCUT2D eigenvalue weighted by Gasteiger charge is -2.19. The summed E-state index contributed by atoms with van der Waals surface area (Å²) in [6.45, 7) is 7.80. The zero-order valence-electron chi connectivity index (χ0n) is 8.55. The van der Waals surface area contributed by atoms with Crippen molar-refractivity contribution in [1.82, 2.24) is 5.32 Å². The molecule has 1 atom stereocenters. The van der Waals surface area contributed by atoms with E-state index in [0.29, 0.717) is 0 Å². The molecule has 72 valence electrons. The van der Waals surface area contributed by atoms with Crippen LogP contribution in [0.3, 0.4) is 0 Å². The molecule has 0 bridgehead atoms. The van der Waals surface area contributed by atoms with Crippen LogP contribution >= 0.6 is 0 Å². The fourth-order valence-electron chi connectivity index (χ4n) is 1.05. The molecule has 0 aromatic carbocycles. The van der Waals surface area contributed by atoms with Gasteiger partial charge in [-0.1, -0.05) is 13.8 Å². The van der Waals surface area contributed by atoms with Gasteiger partial charge in [0.2, 0.25) is 5.91 Å². The van der Waals surface area contributed by atoms with Crippen molar-refractivity contribution in [2.24, 2.45) is 5.92 Å². The second-order valence-electron chi connectivity index (χ2n) is 3.56. The molecule has 3 heteroatoms. The van der Waals surface area contributed by atoms with Gasteiger partial charge in [0, 0.05) is 13.2 Å². The minimum absolute atomic E-state index is 0.0255. The number of rotatable bonds is 4. The Labute approximate surface area is 74.5 Å². The van der Waals surface area contributed by atoms with Crippen LogP contribution in [0.4, 0.5) is 0 Å². The minimum Gasteiger partial charge on any atom is -0.371 e. The number of methoxy groups -OCH3 is 1. The maximum absolute atomic E-state index is 11.4. The molecule has 0 saturated carbocycles. The Kier molecular flexibility index (Phi) is 4.90. The normalized spacial score (nSPS) is 13.6. The van der Waals surface area contributed by atoms with Crippen molar-refractivity contribution in [1.29, 1.82) is 0 Å². The lowest BCUT2D eigenvalue weighted by Crippen LogP contribution is -2.42. The molecule has 0 aliphatic heterocycles. The lowest BCUT2D eigenvalue weighted by molar-refractivity contribution is -0.133. The van der Waals surface area contributed by atoms with Crippen LogP contribution in [0.1, 0.15) is 27.7 Å². The Hall–Kier alpha value is -0.570. The van der Waals surface area contributed by atoms with E-state index < -0.39 is 0 Å². The van der Waals surface area contributed by atoms with Gasteiger partial charge in [0.1, 0.15) is 6.10 Å². The number of carbonyl (C=O) groups excluding carboxylic acids is 1. The summed E-state index contributed by atoms with van der Waals surface area (Å²) in [5, 5.41) is 2.81. The SMILES string of the molecule is CO[C@@H](C(=O)NC(C)C)C(C)C. The molecule has 0 rings (SSSR count). The smallest absolute Gasteiger partial charge is 0.249 e. The van der Waals surface area contributed by atoms with E-state index in [4.69, 9.17) is 4.74 Å². The summed E-state index contributed by atoms with van der Waals surface area (Å²) in [4.78, 5) is 11.4. The highest BCUT2D eigenvalue weighted by Crippen LogP contribution is 2.05. The van der Waals surface area contributed by atoms with Gasteiger partial charge in [0.05, 0.1) is 0 Å². The van der Waals surface area contributed by atoms with E-state index in [0.717, 1.165) is 0 Å². The maximum Gasteiger partial charge on any atom is 0.249 e. The molecule has 0 saturated heterocycles. The van der Waals surface area contributed by atoms with E-state index in [2.05, 4.69) is 5.32 Å². The molecule has 1 amide bonds. The molecule has 0 fully saturated rings. The van der Waals surface area contributed by atoms with Crippen molar-refractivity contribution >= 4 is 5.91 Å². The number of hydrogen-bond acceptors (Lipinski definition) is 2. The highest BCUT2D eigenvalue weighted by Gasteiger charge is 2.21. The number of nitrogens with one attached hydrogen (secondary N) is 1. The summed E-state index contributed by atoms with van der Waals surface area (Å²) in [5.74, 6) is 0.191. The van der Waals surface area contributed by atoms with Gasteiger partial charge in [-0.2, -0.15) is 0 Å². The van der Waals surface area contributed by atoms with E-state index >= 15 is 0 Å². The molecule has 3 nitrogen and oxygen atoms in total. The molecule has 0 aliphatic carbocycles. The molecule has 0 aliphatic rings. The average molecular weight is 173 g/mol. The van der Waals surface area contributed by atoms with Crippen LogP contribution in [-0.4, -0.2) is 25.2 Å². The topological polar surface area (TPSA) is 38.3 Å². The van der Waals surface area contributed by atoms with Crippen LogP contribution in [-0.2, 0) is 9.53 Å². The van der Waals surface area contributed by atoms with Crippen LogP contribution in [0.5, 0.6) is 0 Å². The number of ether oxygens (including phenoxy) is 1. The maximum atomic E-state index is 11.4. The van der Waals surface area contributed by atoms with Gasteiger partial charge in [0.25, 0.3) is 0 Å². The Morgan fingerprint density at radius 1 is 1.25 bits per heavy atom. The summed E-state index contributed by atoms with van der Waals surface area (Å²) >= 11 is 0. The lowest BCUT2D eigenvalue weighted by atomic mass is 10.1. The third-order valence-corrected chi connectivity index (χ3v) is 1.55. The van der Waals surface area contributed by atoms with Crippen molar-refractivity contribution in [3.05, 3.63) is 0 Å². The molecular formula is C9H19NO2. The van der Waals surface area contributed by atoms with Crippen LogP contribution in [0.15, 0.2) is 0 Å². The molecule has 0 radical (unpaired) electrons. The van der Waals surface area contributed by atoms with Gasteiger partial charge in [-0.15, -0.1) is 0 Å². The molecule has 12 heavy (non-hydrogen) atoms. The Morgan fingerprint density at radius 3 is 2.00 bits per heavy atom. The molecular weight excluding hydrogens is 154 g/mol.